The van der Waals surface area contributed by atoms with E-state index in [1.54, 1.807) is 19.2 Å². The number of allylic oxidation sites excluding steroid dienone is 2. The molecule has 7 nitrogen and oxygen atoms in total. The molecule has 1 aliphatic carbocycles. The fourth-order valence-corrected chi connectivity index (χ4v) is 3.90. The SMILES string of the molecule is Cn1c2c(c(=O)n(C)c1=O)[C@H](c1ccc(O)cc1)C1=C(CCCC1=O)N2. The lowest BCUT2D eigenvalue weighted by atomic mass is 9.76. The van der Waals surface area contributed by atoms with Gasteiger partial charge in [-0.15, -0.1) is 0 Å². The van der Waals surface area contributed by atoms with Crippen molar-refractivity contribution in [1.82, 2.24) is 9.13 Å². The largest absolute Gasteiger partial charge is 0.508 e. The predicted molar refractivity (Wildman–Crippen MR) is 96.4 cm³/mol. The average molecular weight is 353 g/mol. The van der Waals surface area contributed by atoms with Crippen molar-refractivity contribution in [3.63, 3.8) is 0 Å². The number of Topliss-reactive ketones (excluding diaryl/α,β-unsaturated/α-hetero) is 1. The maximum absolute atomic E-state index is 12.9. The predicted octanol–water partition coefficient (Wildman–Crippen LogP) is 1.35. The molecule has 2 heterocycles. The second-order valence-electron chi connectivity index (χ2n) is 6.79. The molecule has 2 aliphatic rings. The fourth-order valence-electron chi connectivity index (χ4n) is 3.90. The number of ketones is 1. The Balaban J connectivity index is 2.08. The van der Waals surface area contributed by atoms with E-state index in [-0.39, 0.29) is 11.5 Å². The van der Waals surface area contributed by atoms with Crippen LogP contribution in [0, 0.1) is 0 Å². The summed E-state index contributed by atoms with van der Waals surface area (Å²) in [6, 6.07) is 6.51. The van der Waals surface area contributed by atoms with E-state index in [4.69, 9.17) is 0 Å². The highest BCUT2D eigenvalue weighted by Gasteiger charge is 2.38. The van der Waals surface area contributed by atoms with E-state index in [1.165, 1.54) is 23.7 Å². The molecule has 0 fully saturated rings. The van der Waals surface area contributed by atoms with Crippen molar-refractivity contribution in [3.05, 3.63) is 67.5 Å². The first-order valence-corrected chi connectivity index (χ1v) is 8.52. The van der Waals surface area contributed by atoms with Gasteiger partial charge in [-0.05, 0) is 30.5 Å². The topological polar surface area (TPSA) is 93.3 Å². The van der Waals surface area contributed by atoms with Crippen LogP contribution >= 0.6 is 0 Å². The smallest absolute Gasteiger partial charge is 0.332 e. The summed E-state index contributed by atoms with van der Waals surface area (Å²) in [6.07, 6.45) is 1.87. The molecule has 0 saturated heterocycles. The maximum Gasteiger partial charge on any atom is 0.332 e. The number of benzene rings is 1. The first-order chi connectivity index (χ1) is 12.4. The Bertz CT molecular complexity index is 1070. The van der Waals surface area contributed by atoms with Crippen molar-refractivity contribution < 1.29 is 9.90 Å². The maximum atomic E-state index is 12.9. The minimum atomic E-state index is -0.555. The number of fused-ring (bicyclic) bond motifs is 1. The van der Waals surface area contributed by atoms with Crippen LogP contribution in [0.2, 0.25) is 0 Å². The number of carbonyl (C=O) groups excluding carboxylic acids is 1. The average Bonchev–Trinajstić information content (AvgIpc) is 2.64. The number of nitrogens with zero attached hydrogens (tertiary/aromatic N) is 2. The number of aromatic nitrogens is 2. The van der Waals surface area contributed by atoms with Crippen molar-refractivity contribution in [2.45, 2.75) is 25.2 Å². The molecule has 0 unspecified atom stereocenters. The minimum absolute atomic E-state index is 0.0124. The van der Waals surface area contributed by atoms with Crippen LogP contribution in [0.1, 0.15) is 36.3 Å². The van der Waals surface area contributed by atoms with Gasteiger partial charge < -0.3 is 10.4 Å². The fraction of sp³-hybridized carbons (Fsp3) is 0.316. The number of aromatic hydroxyl groups is 1. The monoisotopic (exact) mass is 353 g/mol. The van der Waals surface area contributed by atoms with Crippen molar-refractivity contribution in [3.8, 4) is 5.75 Å². The Morgan fingerprint density at radius 3 is 2.42 bits per heavy atom. The number of phenols is 1. The summed E-state index contributed by atoms with van der Waals surface area (Å²) in [5.41, 5.74) is 1.65. The van der Waals surface area contributed by atoms with E-state index in [0.717, 1.165) is 22.2 Å². The van der Waals surface area contributed by atoms with Crippen LogP contribution in [0.5, 0.6) is 5.75 Å². The molecule has 0 spiro atoms. The molecule has 2 aromatic rings. The van der Waals surface area contributed by atoms with Crippen LogP contribution in [0.4, 0.5) is 5.82 Å². The molecular formula is C19H19N3O4. The first kappa shape index (κ1) is 16.4. The van der Waals surface area contributed by atoms with Crippen molar-refractivity contribution in [2.24, 2.45) is 14.1 Å². The zero-order valence-corrected chi connectivity index (χ0v) is 14.6. The number of hydrogen-bond donors (Lipinski definition) is 2. The van der Waals surface area contributed by atoms with Crippen molar-refractivity contribution in [1.29, 1.82) is 0 Å². The zero-order chi connectivity index (χ0) is 18.6. The summed E-state index contributed by atoms with van der Waals surface area (Å²) in [7, 11) is 3.04. The zero-order valence-electron chi connectivity index (χ0n) is 14.6. The highest BCUT2D eigenvalue weighted by molar-refractivity contribution is 6.00. The third-order valence-electron chi connectivity index (χ3n) is 5.23. The number of carbonyl (C=O) groups is 1. The molecule has 26 heavy (non-hydrogen) atoms. The Morgan fingerprint density at radius 1 is 1.04 bits per heavy atom. The van der Waals surface area contributed by atoms with Crippen LogP contribution < -0.4 is 16.6 Å². The third-order valence-corrected chi connectivity index (χ3v) is 5.23. The van der Waals surface area contributed by atoms with Crippen LogP contribution in [-0.4, -0.2) is 20.0 Å². The molecule has 0 radical (unpaired) electrons. The van der Waals surface area contributed by atoms with E-state index >= 15 is 0 Å². The van der Waals surface area contributed by atoms with Gasteiger partial charge in [0.05, 0.1) is 5.56 Å². The van der Waals surface area contributed by atoms with Gasteiger partial charge in [0.2, 0.25) is 0 Å². The van der Waals surface area contributed by atoms with E-state index in [9.17, 15) is 19.5 Å². The second-order valence-corrected chi connectivity index (χ2v) is 6.79. The van der Waals surface area contributed by atoms with Crippen LogP contribution in [0.15, 0.2) is 45.1 Å². The van der Waals surface area contributed by atoms with Crippen molar-refractivity contribution >= 4 is 11.6 Å². The highest BCUT2D eigenvalue weighted by atomic mass is 16.3. The lowest BCUT2D eigenvalue weighted by molar-refractivity contribution is -0.116. The summed E-state index contributed by atoms with van der Waals surface area (Å²) in [5, 5.41) is 12.8. The van der Waals surface area contributed by atoms with E-state index in [0.29, 0.717) is 29.8 Å². The molecular weight excluding hydrogens is 334 g/mol. The molecule has 1 aliphatic heterocycles. The van der Waals surface area contributed by atoms with Gasteiger partial charge in [0.15, 0.2) is 5.78 Å². The molecule has 1 atom stereocenters. The molecule has 7 heteroatoms. The third kappa shape index (κ3) is 2.23. The molecule has 1 aromatic carbocycles. The van der Waals surface area contributed by atoms with Crippen molar-refractivity contribution in [2.75, 3.05) is 5.32 Å². The van der Waals surface area contributed by atoms with Gasteiger partial charge in [0.25, 0.3) is 5.56 Å². The number of phenolic OH excluding ortho intramolecular Hbond substituents is 1. The molecule has 0 saturated carbocycles. The Kier molecular flexibility index (Phi) is 3.61. The van der Waals surface area contributed by atoms with Gasteiger partial charge in [0.1, 0.15) is 11.6 Å². The van der Waals surface area contributed by atoms with Gasteiger partial charge in [-0.25, -0.2) is 4.79 Å². The van der Waals surface area contributed by atoms with Gasteiger partial charge >= 0.3 is 5.69 Å². The number of anilines is 1. The van der Waals surface area contributed by atoms with Crippen LogP contribution in [0.3, 0.4) is 0 Å². The Hall–Kier alpha value is -3.09. The summed E-state index contributed by atoms with van der Waals surface area (Å²) in [6.45, 7) is 0. The molecule has 2 N–H and O–H groups in total. The summed E-state index contributed by atoms with van der Waals surface area (Å²) in [4.78, 5) is 38.0. The molecule has 134 valence electrons. The van der Waals surface area contributed by atoms with Gasteiger partial charge in [0, 0.05) is 37.7 Å². The molecule has 0 amide bonds. The number of hydrogen-bond acceptors (Lipinski definition) is 5. The quantitative estimate of drug-likeness (QED) is 0.807. The summed E-state index contributed by atoms with van der Waals surface area (Å²) < 4.78 is 2.47. The van der Waals surface area contributed by atoms with E-state index < -0.39 is 17.2 Å². The molecule has 4 rings (SSSR count). The minimum Gasteiger partial charge on any atom is -0.508 e. The van der Waals surface area contributed by atoms with Gasteiger partial charge in [-0.1, -0.05) is 12.1 Å². The second kappa shape index (κ2) is 5.72. The lowest BCUT2D eigenvalue weighted by Gasteiger charge is -2.34. The number of rotatable bonds is 1. The van der Waals surface area contributed by atoms with E-state index in [2.05, 4.69) is 5.32 Å². The Morgan fingerprint density at radius 2 is 1.73 bits per heavy atom. The standard InChI is InChI=1S/C19H19N3O4/c1-21-17-16(18(25)22(2)19(21)26)14(10-6-8-11(23)9-7-10)15-12(20-17)4-3-5-13(15)24/h6-9,14,20,23H,3-5H2,1-2H3/t14-/m1/s1. The summed E-state index contributed by atoms with van der Waals surface area (Å²) >= 11 is 0. The van der Waals surface area contributed by atoms with Crippen LogP contribution in [0.25, 0.3) is 0 Å². The van der Waals surface area contributed by atoms with Crippen LogP contribution in [-0.2, 0) is 18.9 Å². The van der Waals surface area contributed by atoms with E-state index in [1.807, 2.05) is 0 Å². The summed E-state index contributed by atoms with van der Waals surface area (Å²) in [5.74, 6) is 0.00334. The van der Waals surface area contributed by atoms with Gasteiger partial charge in [-0.2, -0.15) is 0 Å². The molecule has 1 aromatic heterocycles. The lowest BCUT2D eigenvalue weighted by Crippen LogP contribution is -2.44. The van der Waals surface area contributed by atoms with Gasteiger partial charge in [-0.3, -0.25) is 18.7 Å². The number of nitrogens with one attached hydrogen (secondary N) is 1. The highest BCUT2D eigenvalue weighted by Crippen LogP contribution is 2.43. The normalized spacial score (nSPS) is 19.0. The molecule has 0 bridgehead atoms. The Labute approximate surface area is 149 Å². The first-order valence-electron chi connectivity index (χ1n) is 8.52.